The molecule has 0 unspecified atom stereocenters. The van der Waals surface area contributed by atoms with Gasteiger partial charge in [-0.15, -0.1) is 0 Å². The summed E-state index contributed by atoms with van der Waals surface area (Å²) < 4.78 is 49.8. The van der Waals surface area contributed by atoms with Gasteiger partial charge in [-0.2, -0.15) is 0 Å². The summed E-state index contributed by atoms with van der Waals surface area (Å²) in [4.78, 5) is 23.7. The van der Waals surface area contributed by atoms with Crippen molar-refractivity contribution < 1.29 is 32.2 Å². The van der Waals surface area contributed by atoms with Crippen molar-refractivity contribution >= 4 is 17.6 Å². The normalized spacial score (nSPS) is 11.6. The number of carbonyl (C=O) groups excluding carboxylic acids is 2. The highest BCUT2D eigenvalue weighted by molar-refractivity contribution is 5.95. The largest absolute Gasteiger partial charge is 0.482 e. The third-order valence-corrected chi connectivity index (χ3v) is 3.81. The highest BCUT2D eigenvalue weighted by Gasteiger charge is 2.21. The van der Waals surface area contributed by atoms with Crippen LogP contribution in [0.5, 0.6) is 5.75 Å². The standard InChI is InChI=1S/C19H18F3NO4/c1-10-4-5-13(8-11(10)2)26-9-16(24)27-12(3)19(25)23-15-7-6-14(20)17(21)18(15)22/h4-8,12H,9H2,1-3H3,(H,23,25)/t12-/m0/s1. The van der Waals surface area contributed by atoms with Crippen LogP contribution < -0.4 is 10.1 Å². The molecule has 0 spiro atoms. The molecular weight excluding hydrogens is 363 g/mol. The molecule has 1 amide bonds. The van der Waals surface area contributed by atoms with E-state index in [1.807, 2.05) is 25.2 Å². The van der Waals surface area contributed by atoms with E-state index in [1.54, 1.807) is 12.1 Å². The summed E-state index contributed by atoms with van der Waals surface area (Å²) in [6.45, 7) is 4.65. The van der Waals surface area contributed by atoms with Crippen LogP contribution in [0.3, 0.4) is 0 Å². The van der Waals surface area contributed by atoms with E-state index in [4.69, 9.17) is 9.47 Å². The summed E-state index contributed by atoms with van der Waals surface area (Å²) in [5, 5.41) is 2.03. The quantitative estimate of drug-likeness (QED) is 0.613. The van der Waals surface area contributed by atoms with Crippen molar-refractivity contribution in [3.63, 3.8) is 0 Å². The number of anilines is 1. The number of halogens is 3. The second kappa shape index (κ2) is 8.57. The van der Waals surface area contributed by atoms with E-state index in [2.05, 4.69) is 0 Å². The van der Waals surface area contributed by atoms with Crippen LogP contribution in [-0.4, -0.2) is 24.6 Å². The Balaban J connectivity index is 1.89. The molecule has 0 aliphatic heterocycles. The number of aryl methyl sites for hydroxylation is 2. The van der Waals surface area contributed by atoms with Crippen LogP contribution in [0.2, 0.25) is 0 Å². The van der Waals surface area contributed by atoms with Gasteiger partial charge in [0.2, 0.25) is 0 Å². The van der Waals surface area contributed by atoms with Crippen LogP contribution in [0.4, 0.5) is 18.9 Å². The zero-order chi connectivity index (χ0) is 20.1. The Morgan fingerprint density at radius 2 is 1.74 bits per heavy atom. The fourth-order valence-corrected chi connectivity index (χ4v) is 2.09. The molecule has 2 aromatic carbocycles. The minimum Gasteiger partial charge on any atom is -0.482 e. The molecule has 0 bridgehead atoms. The van der Waals surface area contributed by atoms with Crippen LogP contribution in [-0.2, 0) is 14.3 Å². The van der Waals surface area contributed by atoms with Gasteiger partial charge in [-0.05, 0) is 56.2 Å². The molecule has 2 rings (SSSR count). The summed E-state index contributed by atoms with van der Waals surface area (Å²) in [6, 6.07) is 6.82. The molecule has 0 heterocycles. The van der Waals surface area contributed by atoms with Gasteiger partial charge in [0.15, 0.2) is 30.2 Å². The number of carbonyl (C=O) groups is 2. The number of esters is 1. The summed E-state index contributed by atoms with van der Waals surface area (Å²) in [6.07, 6.45) is -1.30. The van der Waals surface area contributed by atoms with Crippen molar-refractivity contribution in [2.75, 3.05) is 11.9 Å². The first-order valence-corrected chi connectivity index (χ1v) is 8.03. The maximum Gasteiger partial charge on any atom is 0.344 e. The summed E-state index contributed by atoms with van der Waals surface area (Å²) in [5.74, 6) is -5.88. The first kappa shape index (κ1) is 20.3. The lowest BCUT2D eigenvalue weighted by molar-refractivity contribution is -0.155. The molecule has 5 nitrogen and oxygen atoms in total. The lowest BCUT2D eigenvalue weighted by Gasteiger charge is -2.14. The van der Waals surface area contributed by atoms with E-state index in [-0.39, 0.29) is 0 Å². The number of hydrogen-bond acceptors (Lipinski definition) is 4. The van der Waals surface area contributed by atoms with Gasteiger partial charge in [-0.1, -0.05) is 6.07 Å². The Bertz CT molecular complexity index is 870. The van der Waals surface area contributed by atoms with Gasteiger partial charge in [0.25, 0.3) is 5.91 Å². The van der Waals surface area contributed by atoms with Gasteiger partial charge in [-0.25, -0.2) is 18.0 Å². The van der Waals surface area contributed by atoms with E-state index in [0.29, 0.717) is 11.8 Å². The van der Waals surface area contributed by atoms with Crippen LogP contribution in [0.15, 0.2) is 30.3 Å². The molecule has 0 aliphatic rings. The molecular formula is C19H18F3NO4. The van der Waals surface area contributed by atoms with Crippen molar-refractivity contribution in [1.82, 2.24) is 0 Å². The maximum absolute atomic E-state index is 13.6. The Morgan fingerprint density at radius 3 is 2.41 bits per heavy atom. The van der Waals surface area contributed by atoms with Crippen molar-refractivity contribution in [3.8, 4) is 5.75 Å². The van der Waals surface area contributed by atoms with E-state index < -0.39 is 47.7 Å². The predicted octanol–water partition coefficient (Wildman–Crippen LogP) is 3.67. The van der Waals surface area contributed by atoms with E-state index >= 15 is 0 Å². The Hall–Kier alpha value is -3.03. The third-order valence-electron chi connectivity index (χ3n) is 3.81. The molecule has 0 fully saturated rings. The molecule has 144 valence electrons. The van der Waals surface area contributed by atoms with E-state index in [9.17, 15) is 22.8 Å². The highest BCUT2D eigenvalue weighted by atomic mass is 19.2. The summed E-state index contributed by atoms with van der Waals surface area (Å²) in [7, 11) is 0. The lowest BCUT2D eigenvalue weighted by Crippen LogP contribution is -2.32. The zero-order valence-corrected chi connectivity index (χ0v) is 14.9. The van der Waals surface area contributed by atoms with Crippen LogP contribution in [0.25, 0.3) is 0 Å². The van der Waals surface area contributed by atoms with Gasteiger partial charge in [-0.3, -0.25) is 4.79 Å². The SMILES string of the molecule is Cc1ccc(OCC(=O)O[C@@H](C)C(=O)Nc2ccc(F)c(F)c2F)cc1C. The number of hydrogen-bond donors (Lipinski definition) is 1. The third kappa shape index (κ3) is 5.22. The number of rotatable bonds is 6. The Labute approximate surface area is 154 Å². The highest BCUT2D eigenvalue weighted by Crippen LogP contribution is 2.20. The van der Waals surface area contributed by atoms with Crippen LogP contribution in [0, 0.1) is 31.3 Å². The number of benzene rings is 2. The smallest absolute Gasteiger partial charge is 0.344 e. The number of ether oxygens (including phenoxy) is 2. The van der Waals surface area contributed by atoms with Gasteiger partial charge in [0.1, 0.15) is 5.75 Å². The second-order valence-electron chi connectivity index (χ2n) is 5.88. The number of amides is 1. The molecule has 1 atom stereocenters. The van der Waals surface area contributed by atoms with Gasteiger partial charge in [0, 0.05) is 0 Å². The number of nitrogens with one attached hydrogen (secondary N) is 1. The molecule has 1 N–H and O–H groups in total. The first-order chi connectivity index (χ1) is 12.7. The predicted molar refractivity (Wildman–Crippen MR) is 91.9 cm³/mol. The maximum atomic E-state index is 13.6. The van der Waals surface area contributed by atoms with Crippen molar-refractivity contribution in [2.24, 2.45) is 0 Å². The minimum absolute atomic E-state index is 0.431. The molecule has 0 aliphatic carbocycles. The molecule has 0 aromatic heterocycles. The molecule has 0 saturated carbocycles. The molecule has 0 saturated heterocycles. The van der Waals surface area contributed by atoms with Crippen LogP contribution >= 0.6 is 0 Å². The van der Waals surface area contributed by atoms with E-state index in [1.165, 1.54) is 6.92 Å². The second-order valence-corrected chi connectivity index (χ2v) is 5.88. The van der Waals surface area contributed by atoms with Crippen molar-refractivity contribution in [2.45, 2.75) is 26.9 Å². The first-order valence-electron chi connectivity index (χ1n) is 8.03. The van der Waals surface area contributed by atoms with Crippen molar-refractivity contribution in [1.29, 1.82) is 0 Å². The Kier molecular flexibility index (Phi) is 6.44. The molecule has 27 heavy (non-hydrogen) atoms. The van der Waals surface area contributed by atoms with Crippen molar-refractivity contribution in [3.05, 3.63) is 58.9 Å². The topological polar surface area (TPSA) is 64.6 Å². The molecule has 8 heteroatoms. The summed E-state index contributed by atoms with van der Waals surface area (Å²) in [5.41, 5.74) is 1.50. The monoisotopic (exact) mass is 381 g/mol. The minimum atomic E-state index is -1.71. The van der Waals surface area contributed by atoms with Crippen LogP contribution in [0.1, 0.15) is 18.1 Å². The fourth-order valence-electron chi connectivity index (χ4n) is 2.09. The van der Waals surface area contributed by atoms with Gasteiger partial charge in [0.05, 0.1) is 5.69 Å². The van der Waals surface area contributed by atoms with Gasteiger partial charge < -0.3 is 14.8 Å². The average molecular weight is 381 g/mol. The van der Waals surface area contributed by atoms with E-state index in [0.717, 1.165) is 17.2 Å². The average Bonchev–Trinajstić information content (AvgIpc) is 2.63. The van der Waals surface area contributed by atoms with Gasteiger partial charge >= 0.3 is 5.97 Å². The lowest BCUT2D eigenvalue weighted by atomic mass is 10.1. The Morgan fingerprint density at radius 1 is 1.04 bits per heavy atom. The molecule has 2 aromatic rings. The zero-order valence-electron chi connectivity index (χ0n) is 14.9. The molecule has 0 radical (unpaired) electrons. The summed E-state index contributed by atoms with van der Waals surface area (Å²) >= 11 is 0. The fraction of sp³-hybridized carbons (Fsp3) is 0.263.